The lowest BCUT2D eigenvalue weighted by molar-refractivity contribution is -0.121. The Labute approximate surface area is 103 Å². The third-order valence-electron chi connectivity index (χ3n) is 2.74. The summed E-state index contributed by atoms with van der Waals surface area (Å²) in [4.78, 5) is 11.1. The second-order valence-corrected chi connectivity index (χ2v) is 4.45. The van der Waals surface area contributed by atoms with Gasteiger partial charge in [-0.05, 0) is 30.0 Å². The maximum absolute atomic E-state index is 11.1. The van der Waals surface area contributed by atoms with Crippen LogP contribution in [0.25, 0.3) is 0 Å². The van der Waals surface area contributed by atoms with Crippen LogP contribution in [0.5, 0.6) is 5.75 Å². The fraction of sp³-hybridized carbons (Fsp3) is 0.500. The molecule has 0 aliphatic carbocycles. The predicted octanol–water partition coefficient (Wildman–Crippen LogP) is 2.63. The van der Waals surface area contributed by atoms with Crippen LogP contribution < -0.4 is 10.1 Å². The van der Waals surface area contributed by atoms with Gasteiger partial charge < -0.3 is 10.1 Å². The largest absolute Gasteiger partial charge is 0.493 e. The molecule has 0 unspecified atom stereocenters. The Morgan fingerprint density at radius 1 is 1.41 bits per heavy atom. The number of carbonyl (C=O) groups excluding carboxylic acids is 1. The molecule has 0 heterocycles. The molecule has 0 bridgehead atoms. The molecule has 1 aromatic carbocycles. The Kier molecular flexibility index (Phi) is 5.01. The third kappa shape index (κ3) is 4.10. The maximum atomic E-state index is 11.1. The van der Waals surface area contributed by atoms with Gasteiger partial charge in [-0.15, -0.1) is 0 Å². The number of benzene rings is 1. The molecule has 1 aromatic rings. The van der Waals surface area contributed by atoms with Crippen LogP contribution in [0.4, 0.5) is 0 Å². The van der Waals surface area contributed by atoms with Crippen LogP contribution in [0.2, 0.25) is 0 Å². The van der Waals surface area contributed by atoms with Gasteiger partial charge in [0.05, 0.1) is 13.0 Å². The zero-order valence-electron chi connectivity index (χ0n) is 11.0. The Morgan fingerprint density at radius 2 is 2.12 bits per heavy atom. The van der Waals surface area contributed by atoms with Crippen LogP contribution in [-0.2, 0) is 4.79 Å². The van der Waals surface area contributed by atoms with Gasteiger partial charge in [0.25, 0.3) is 0 Å². The van der Waals surface area contributed by atoms with E-state index in [0.717, 1.165) is 11.3 Å². The molecular weight excluding hydrogens is 214 g/mol. The molecule has 0 spiro atoms. The highest BCUT2D eigenvalue weighted by atomic mass is 16.5. The molecule has 0 saturated heterocycles. The van der Waals surface area contributed by atoms with E-state index in [2.05, 4.69) is 37.4 Å². The van der Waals surface area contributed by atoms with Crippen molar-refractivity contribution in [3.8, 4) is 5.75 Å². The molecule has 1 amide bonds. The van der Waals surface area contributed by atoms with Crippen LogP contribution in [0.15, 0.2) is 18.2 Å². The summed E-state index contributed by atoms with van der Waals surface area (Å²) in [6, 6.07) is 6.24. The van der Waals surface area contributed by atoms with Gasteiger partial charge in [-0.1, -0.05) is 26.0 Å². The van der Waals surface area contributed by atoms with Gasteiger partial charge in [0.15, 0.2) is 0 Å². The number of amides is 1. The number of hydrogen-bond donors (Lipinski definition) is 1. The number of ether oxygens (including phenoxy) is 1. The van der Waals surface area contributed by atoms with Crippen LogP contribution in [0, 0.1) is 6.92 Å². The van der Waals surface area contributed by atoms with Crippen molar-refractivity contribution >= 4 is 5.91 Å². The smallest absolute Gasteiger partial charge is 0.223 e. The molecule has 17 heavy (non-hydrogen) atoms. The SMILES string of the molecule is CNC(=O)CCOc1cc(C(C)C)ccc1C. The Morgan fingerprint density at radius 3 is 2.71 bits per heavy atom. The molecule has 3 nitrogen and oxygen atoms in total. The molecule has 0 aliphatic heterocycles. The topological polar surface area (TPSA) is 38.3 Å². The van der Waals surface area contributed by atoms with Gasteiger partial charge in [0, 0.05) is 7.05 Å². The van der Waals surface area contributed by atoms with E-state index >= 15 is 0 Å². The molecule has 0 aromatic heterocycles. The number of nitrogens with one attached hydrogen (secondary N) is 1. The molecule has 0 aliphatic rings. The van der Waals surface area contributed by atoms with Crippen molar-refractivity contribution in [2.24, 2.45) is 0 Å². The lowest BCUT2D eigenvalue weighted by Crippen LogP contribution is -2.20. The highest BCUT2D eigenvalue weighted by Gasteiger charge is 2.05. The van der Waals surface area contributed by atoms with Crippen molar-refractivity contribution in [3.05, 3.63) is 29.3 Å². The zero-order chi connectivity index (χ0) is 12.8. The summed E-state index contributed by atoms with van der Waals surface area (Å²) >= 11 is 0. The second kappa shape index (κ2) is 6.28. The highest BCUT2D eigenvalue weighted by Crippen LogP contribution is 2.24. The summed E-state index contributed by atoms with van der Waals surface area (Å²) in [5, 5.41) is 2.58. The average Bonchev–Trinajstić information content (AvgIpc) is 2.30. The normalized spacial score (nSPS) is 10.4. The van der Waals surface area contributed by atoms with E-state index in [1.54, 1.807) is 7.05 Å². The van der Waals surface area contributed by atoms with E-state index in [1.807, 2.05) is 6.92 Å². The molecule has 0 atom stereocenters. The summed E-state index contributed by atoms with van der Waals surface area (Å²) in [7, 11) is 1.63. The summed E-state index contributed by atoms with van der Waals surface area (Å²) in [6.45, 7) is 6.74. The van der Waals surface area contributed by atoms with E-state index in [9.17, 15) is 4.79 Å². The third-order valence-corrected chi connectivity index (χ3v) is 2.74. The standard InChI is InChI=1S/C14H21NO2/c1-10(2)12-6-5-11(3)13(9-12)17-8-7-14(16)15-4/h5-6,9-10H,7-8H2,1-4H3,(H,15,16). The lowest BCUT2D eigenvalue weighted by Gasteiger charge is -2.12. The highest BCUT2D eigenvalue weighted by molar-refractivity contribution is 5.75. The van der Waals surface area contributed by atoms with E-state index in [0.29, 0.717) is 18.9 Å². The fourth-order valence-electron chi connectivity index (χ4n) is 1.51. The molecule has 94 valence electrons. The minimum Gasteiger partial charge on any atom is -0.493 e. The van der Waals surface area contributed by atoms with E-state index in [4.69, 9.17) is 4.74 Å². The van der Waals surface area contributed by atoms with Gasteiger partial charge in [0.1, 0.15) is 5.75 Å². The number of carbonyl (C=O) groups is 1. The molecule has 0 fully saturated rings. The Bertz CT molecular complexity index is 386. The van der Waals surface area contributed by atoms with E-state index in [-0.39, 0.29) is 5.91 Å². The lowest BCUT2D eigenvalue weighted by atomic mass is 10.0. The van der Waals surface area contributed by atoms with Crippen LogP contribution in [0.1, 0.15) is 37.3 Å². The molecule has 0 saturated carbocycles. The van der Waals surface area contributed by atoms with Gasteiger partial charge in [0.2, 0.25) is 5.91 Å². The first kappa shape index (κ1) is 13.6. The zero-order valence-corrected chi connectivity index (χ0v) is 11.0. The summed E-state index contributed by atoms with van der Waals surface area (Å²) in [6.07, 6.45) is 0.391. The van der Waals surface area contributed by atoms with Crippen molar-refractivity contribution in [1.82, 2.24) is 5.32 Å². The van der Waals surface area contributed by atoms with E-state index < -0.39 is 0 Å². The number of hydrogen-bond acceptors (Lipinski definition) is 2. The molecular formula is C14H21NO2. The molecule has 1 N–H and O–H groups in total. The number of rotatable bonds is 5. The first-order chi connectivity index (χ1) is 8.04. The molecule has 0 radical (unpaired) electrons. The minimum absolute atomic E-state index is 0.00247. The van der Waals surface area contributed by atoms with Gasteiger partial charge in [-0.2, -0.15) is 0 Å². The van der Waals surface area contributed by atoms with Crippen molar-refractivity contribution in [2.75, 3.05) is 13.7 Å². The monoisotopic (exact) mass is 235 g/mol. The van der Waals surface area contributed by atoms with Crippen LogP contribution in [-0.4, -0.2) is 19.6 Å². The van der Waals surface area contributed by atoms with Crippen molar-refractivity contribution in [2.45, 2.75) is 33.1 Å². The maximum Gasteiger partial charge on any atom is 0.223 e. The summed E-state index contributed by atoms with van der Waals surface area (Å²) in [5.41, 5.74) is 2.36. The van der Waals surface area contributed by atoms with Crippen molar-refractivity contribution in [3.63, 3.8) is 0 Å². The quantitative estimate of drug-likeness (QED) is 0.852. The summed E-state index contributed by atoms with van der Waals surface area (Å²) in [5.74, 6) is 1.36. The van der Waals surface area contributed by atoms with Crippen molar-refractivity contribution < 1.29 is 9.53 Å². The predicted molar refractivity (Wildman–Crippen MR) is 69.4 cm³/mol. The molecule has 1 rings (SSSR count). The van der Waals surface area contributed by atoms with Gasteiger partial charge in [-0.25, -0.2) is 0 Å². The minimum atomic E-state index is 0.00247. The average molecular weight is 235 g/mol. The molecule has 3 heteroatoms. The Balaban J connectivity index is 2.63. The number of aryl methyl sites for hydroxylation is 1. The van der Waals surface area contributed by atoms with Crippen molar-refractivity contribution in [1.29, 1.82) is 0 Å². The first-order valence-electron chi connectivity index (χ1n) is 5.98. The van der Waals surface area contributed by atoms with Crippen LogP contribution >= 0.6 is 0 Å². The second-order valence-electron chi connectivity index (χ2n) is 4.45. The van der Waals surface area contributed by atoms with Crippen LogP contribution in [0.3, 0.4) is 0 Å². The first-order valence-corrected chi connectivity index (χ1v) is 5.98. The summed E-state index contributed by atoms with van der Waals surface area (Å²) < 4.78 is 5.64. The fourth-order valence-corrected chi connectivity index (χ4v) is 1.51. The van der Waals surface area contributed by atoms with Gasteiger partial charge >= 0.3 is 0 Å². The van der Waals surface area contributed by atoms with Gasteiger partial charge in [-0.3, -0.25) is 4.79 Å². The Hall–Kier alpha value is -1.51. The van der Waals surface area contributed by atoms with E-state index in [1.165, 1.54) is 5.56 Å².